The van der Waals surface area contributed by atoms with Crippen LogP contribution in [0.3, 0.4) is 0 Å². The molecule has 1 saturated carbocycles. The Hall–Kier alpha value is -0.730. The monoisotopic (exact) mass is 211 g/mol. The molecule has 1 aliphatic rings. The van der Waals surface area contributed by atoms with Crippen LogP contribution in [0.25, 0.3) is 0 Å². The van der Waals surface area contributed by atoms with Crippen LogP contribution in [0, 0.1) is 5.92 Å². The van der Waals surface area contributed by atoms with Crippen LogP contribution in [0.5, 0.6) is 0 Å². The van der Waals surface area contributed by atoms with Crippen molar-refractivity contribution < 1.29 is 0 Å². The lowest BCUT2D eigenvalue weighted by Gasteiger charge is -2.22. The Morgan fingerprint density at radius 3 is 2.60 bits per heavy atom. The van der Waals surface area contributed by atoms with Gasteiger partial charge in [-0.1, -0.05) is 20.3 Å². The molecule has 1 N–H and O–H groups in total. The first-order valence-electron chi connectivity index (χ1n) is 6.21. The normalized spacial score (nSPS) is 25.2. The van der Waals surface area contributed by atoms with Gasteiger partial charge in [0.2, 0.25) is 0 Å². The van der Waals surface area contributed by atoms with Crippen LogP contribution in [-0.4, -0.2) is 37.0 Å². The van der Waals surface area contributed by atoms with Crippen molar-refractivity contribution in [2.24, 2.45) is 10.9 Å². The van der Waals surface area contributed by atoms with Gasteiger partial charge in [-0.15, -0.1) is 0 Å². The van der Waals surface area contributed by atoms with E-state index in [-0.39, 0.29) is 0 Å². The van der Waals surface area contributed by atoms with Gasteiger partial charge in [0.1, 0.15) is 0 Å². The van der Waals surface area contributed by atoms with Crippen molar-refractivity contribution >= 4 is 5.96 Å². The maximum Gasteiger partial charge on any atom is 0.193 e. The Kier molecular flexibility index (Phi) is 4.92. The highest BCUT2D eigenvalue weighted by Gasteiger charge is 2.33. The van der Waals surface area contributed by atoms with Gasteiger partial charge < -0.3 is 10.2 Å². The molecule has 3 nitrogen and oxygen atoms in total. The van der Waals surface area contributed by atoms with E-state index in [9.17, 15) is 0 Å². The van der Waals surface area contributed by atoms with Crippen LogP contribution in [0.15, 0.2) is 4.99 Å². The Morgan fingerprint density at radius 2 is 2.13 bits per heavy atom. The largest absolute Gasteiger partial charge is 0.353 e. The highest BCUT2D eigenvalue weighted by atomic mass is 15.3. The maximum atomic E-state index is 4.52. The van der Waals surface area contributed by atoms with Crippen LogP contribution in [0.2, 0.25) is 0 Å². The highest BCUT2D eigenvalue weighted by molar-refractivity contribution is 5.80. The average molecular weight is 211 g/mol. The third-order valence-electron chi connectivity index (χ3n) is 2.94. The maximum absolute atomic E-state index is 4.52. The molecule has 1 fully saturated rings. The summed E-state index contributed by atoms with van der Waals surface area (Å²) in [5.41, 5.74) is 0. The van der Waals surface area contributed by atoms with E-state index in [1.165, 1.54) is 19.3 Å². The predicted octanol–water partition coefficient (Wildman–Crippen LogP) is 2.09. The van der Waals surface area contributed by atoms with Crippen molar-refractivity contribution in [2.45, 2.75) is 46.1 Å². The number of hydrogen-bond acceptors (Lipinski definition) is 1. The van der Waals surface area contributed by atoms with Crippen LogP contribution < -0.4 is 5.32 Å². The molecule has 3 heteroatoms. The van der Waals surface area contributed by atoms with Gasteiger partial charge in [-0.3, -0.25) is 4.99 Å². The van der Waals surface area contributed by atoms with Gasteiger partial charge in [-0.2, -0.15) is 0 Å². The first kappa shape index (κ1) is 12.3. The van der Waals surface area contributed by atoms with E-state index in [2.05, 4.69) is 43.0 Å². The minimum Gasteiger partial charge on any atom is -0.353 e. The minimum absolute atomic E-state index is 0.666. The SMILES string of the molecule is CCCCN(C)C(=NCC)NC1CC1C. The molecule has 0 aliphatic heterocycles. The third kappa shape index (κ3) is 4.10. The quantitative estimate of drug-likeness (QED) is 0.557. The fourth-order valence-electron chi connectivity index (χ4n) is 1.62. The molecule has 0 spiro atoms. The van der Waals surface area contributed by atoms with Crippen molar-refractivity contribution in [1.29, 1.82) is 0 Å². The van der Waals surface area contributed by atoms with Crippen molar-refractivity contribution in [3.8, 4) is 0 Å². The van der Waals surface area contributed by atoms with E-state index in [1.54, 1.807) is 0 Å². The topological polar surface area (TPSA) is 27.6 Å². The smallest absolute Gasteiger partial charge is 0.193 e. The Bertz CT molecular complexity index is 213. The number of nitrogens with zero attached hydrogens (tertiary/aromatic N) is 2. The molecule has 2 atom stereocenters. The van der Waals surface area contributed by atoms with Gasteiger partial charge in [-0.05, 0) is 25.7 Å². The van der Waals surface area contributed by atoms with E-state index in [0.29, 0.717) is 6.04 Å². The first-order chi connectivity index (χ1) is 7.19. The summed E-state index contributed by atoms with van der Waals surface area (Å²) in [5.74, 6) is 1.91. The molecular formula is C12H25N3. The zero-order chi connectivity index (χ0) is 11.3. The summed E-state index contributed by atoms with van der Waals surface area (Å²) >= 11 is 0. The number of unbranched alkanes of at least 4 members (excludes halogenated alkanes) is 1. The fourth-order valence-corrected chi connectivity index (χ4v) is 1.62. The molecule has 0 aromatic rings. The lowest BCUT2D eigenvalue weighted by molar-refractivity contribution is 0.461. The lowest BCUT2D eigenvalue weighted by atomic mass is 10.3. The molecule has 0 aromatic heterocycles. The molecule has 1 rings (SSSR count). The van der Waals surface area contributed by atoms with E-state index < -0.39 is 0 Å². The van der Waals surface area contributed by atoms with Crippen molar-refractivity contribution in [3.63, 3.8) is 0 Å². The van der Waals surface area contributed by atoms with Gasteiger partial charge >= 0.3 is 0 Å². The van der Waals surface area contributed by atoms with Gasteiger partial charge in [-0.25, -0.2) is 0 Å². The molecule has 2 unspecified atom stereocenters. The molecule has 0 radical (unpaired) electrons. The molecule has 0 aromatic carbocycles. The van der Waals surface area contributed by atoms with Crippen LogP contribution in [0.1, 0.15) is 40.0 Å². The van der Waals surface area contributed by atoms with E-state index in [1.807, 2.05) is 0 Å². The summed E-state index contributed by atoms with van der Waals surface area (Å²) in [5, 5.41) is 3.53. The molecule has 15 heavy (non-hydrogen) atoms. The van der Waals surface area contributed by atoms with Crippen molar-refractivity contribution in [2.75, 3.05) is 20.1 Å². The van der Waals surface area contributed by atoms with Crippen molar-refractivity contribution in [3.05, 3.63) is 0 Å². The zero-order valence-corrected chi connectivity index (χ0v) is 10.6. The zero-order valence-electron chi connectivity index (χ0n) is 10.6. The van der Waals surface area contributed by atoms with E-state index >= 15 is 0 Å². The molecule has 0 bridgehead atoms. The first-order valence-corrected chi connectivity index (χ1v) is 6.21. The Labute approximate surface area is 94.0 Å². The number of guanidine groups is 1. The summed E-state index contributed by atoms with van der Waals surface area (Å²) < 4.78 is 0. The van der Waals surface area contributed by atoms with Crippen LogP contribution in [0.4, 0.5) is 0 Å². The van der Waals surface area contributed by atoms with E-state index in [0.717, 1.165) is 25.0 Å². The lowest BCUT2D eigenvalue weighted by Crippen LogP contribution is -2.41. The predicted molar refractivity (Wildman–Crippen MR) is 66.2 cm³/mol. The number of aliphatic imine (C=N–C) groups is 1. The van der Waals surface area contributed by atoms with Gasteiger partial charge in [0, 0.05) is 26.2 Å². The summed E-state index contributed by atoms with van der Waals surface area (Å²) in [6, 6.07) is 0.666. The minimum atomic E-state index is 0.666. The summed E-state index contributed by atoms with van der Waals surface area (Å²) in [6.45, 7) is 8.56. The molecule has 0 saturated heterocycles. The number of rotatable bonds is 5. The van der Waals surface area contributed by atoms with Crippen molar-refractivity contribution in [1.82, 2.24) is 10.2 Å². The third-order valence-corrected chi connectivity index (χ3v) is 2.94. The second-order valence-electron chi connectivity index (χ2n) is 4.54. The summed E-state index contributed by atoms with van der Waals surface area (Å²) in [6.07, 6.45) is 3.77. The second-order valence-corrected chi connectivity index (χ2v) is 4.54. The van der Waals surface area contributed by atoms with Crippen LogP contribution >= 0.6 is 0 Å². The standard InChI is InChI=1S/C12H25N3/c1-5-7-8-15(4)12(13-6-2)14-11-9-10(11)3/h10-11H,5-9H2,1-4H3,(H,13,14). The molecule has 0 amide bonds. The van der Waals surface area contributed by atoms with E-state index in [4.69, 9.17) is 0 Å². The summed E-state index contributed by atoms with van der Waals surface area (Å²) in [4.78, 5) is 6.77. The number of hydrogen-bond donors (Lipinski definition) is 1. The molecule has 0 heterocycles. The average Bonchev–Trinajstić information content (AvgIpc) is 2.90. The fraction of sp³-hybridized carbons (Fsp3) is 0.917. The molecule has 1 aliphatic carbocycles. The molecule has 88 valence electrons. The Balaban J connectivity index is 2.38. The Morgan fingerprint density at radius 1 is 1.47 bits per heavy atom. The van der Waals surface area contributed by atoms with Crippen LogP contribution in [-0.2, 0) is 0 Å². The number of nitrogens with one attached hydrogen (secondary N) is 1. The second kappa shape index (κ2) is 5.99. The summed E-state index contributed by atoms with van der Waals surface area (Å²) in [7, 11) is 2.13. The van der Waals surface area contributed by atoms with Gasteiger partial charge in [0.05, 0.1) is 0 Å². The molecular weight excluding hydrogens is 186 g/mol. The van der Waals surface area contributed by atoms with Gasteiger partial charge in [0.25, 0.3) is 0 Å². The van der Waals surface area contributed by atoms with Gasteiger partial charge in [0.15, 0.2) is 5.96 Å². The highest BCUT2D eigenvalue weighted by Crippen LogP contribution is 2.29.